The Kier molecular flexibility index (Phi) is 1.93. The standard InChI is InChI=1S/C7H9O/c1-2-3-4-7-5-6-8-7/h1,4,7H,3,5-6H2. The number of terminal acetylenes is 1. The highest BCUT2D eigenvalue weighted by Crippen LogP contribution is 2.14. The molecule has 1 saturated heterocycles. The van der Waals surface area contributed by atoms with Gasteiger partial charge < -0.3 is 4.74 Å². The van der Waals surface area contributed by atoms with Crippen molar-refractivity contribution >= 4 is 0 Å². The molecule has 0 aliphatic carbocycles. The van der Waals surface area contributed by atoms with E-state index in [0.29, 0.717) is 6.10 Å². The smallest absolute Gasteiger partial charge is 0.0638 e. The molecule has 8 heavy (non-hydrogen) atoms. The first-order valence-corrected chi connectivity index (χ1v) is 2.82. The quantitative estimate of drug-likeness (QED) is 0.481. The SMILES string of the molecule is C#CC[CH]C1CCO1. The van der Waals surface area contributed by atoms with Crippen molar-refractivity contribution in [2.45, 2.75) is 18.9 Å². The Morgan fingerprint density at radius 2 is 2.62 bits per heavy atom. The summed E-state index contributed by atoms with van der Waals surface area (Å²) < 4.78 is 5.08. The van der Waals surface area contributed by atoms with Crippen molar-refractivity contribution in [2.24, 2.45) is 0 Å². The predicted octanol–water partition coefficient (Wildman–Crippen LogP) is 1.00. The van der Waals surface area contributed by atoms with Crippen LogP contribution in [0.4, 0.5) is 0 Å². The van der Waals surface area contributed by atoms with E-state index in [2.05, 4.69) is 5.92 Å². The fraction of sp³-hybridized carbons (Fsp3) is 0.571. The van der Waals surface area contributed by atoms with E-state index in [4.69, 9.17) is 11.2 Å². The van der Waals surface area contributed by atoms with Gasteiger partial charge in [-0.3, -0.25) is 0 Å². The van der Waals surface area contributed by atoms with Crippen LogP contribution in [-0.4, -0.2) is 12.7 Å². The lowest BCUT2D eigenvalue weighted by molar-refractivity contribution is -0.0295. The summed E-state index contributed by atoms with van der Waals surface area (Å²) in [6, 6.07) is 0. The first-order chi connectivity index (χ1) is 3.93. The van der Waals surface area contributed by atoms with Gasteiger partial charge in [0.15, 0.2) is 0 Å². The van der Waals surface area contributed by atoms with Crippen molar-refractivity contribution in [3.8, 4) is 12.3 Å². The fourth-order valence-electron chi connectivity index (χ4n) is 0.639. The summed E-state index contributed by atoms with van der Waals surface area (Å²) >= 11 is 0. The monoisotopic (exact) mass is 109 g/mol. The molecule has 0 saturated carbocycles. The molecule has 1 heterocycles. The molecule has 1 atom stereocenters. The summed E-state index contributed by atoms with van der Waals surface area (Å²) in [6.45, 7) is 0.908. The number of rotatable bonds is 2. The molecule has 1 rings (SSSR count). The number of hydrogen-bond acceptors (Lipinski definition) is 1. The Morgan fingerprint density at radius 3 is 3.00 bits per heavy atom. The molecule has 1 fully saturated rings. The van der Waals surface area contributed by atoms with Gasteiger partial charge in [-0.25, -0.2) is 0 Å². The number of ether oxygens (including phenoxy) is 1. The highest BCUT2D eigenvalue weighted by molar-refractivity contribution is 4.95. The van der Waals surface area contributed by atoms with Crippen LogP contribution in [0.3, 0.4) is 0 Å². The Labute approximate surface area is 50.0 Å². The summed E-state index contributed by atoms with van der Waals surface area (Å²) in [5, 5.41) is 0. The van der Waals surface area contributed by atoms with E-state index in [1.807, 2.05) is 6.42 Å². The van der Waals surface area contributed by atoms with Crippen LogP contribution in [0, 0.1) is 18.8 Å². The molecular formula is C7H9O. The summed E-state index contributed by atoms with van der Waals surface area (Å²) in [5.41, 5.74) is 0. The first-order valence-electron chi connectivity index (χ1n) is 2.82. The van der Waals surface area contributed by atoms with Crippen LogP contribution in [0.25, 0.3) is 0 Å². The second-order valence-corrected chi connectivity index (χ2v) is 1.84. The molecule has 0 amide bonds. The minimum Gasteiger partial charge on any atom is -0.378 e. The topological polar surface area (TPSA) is 9.23 Å². The Balaban J connectivity index is 1.95. The molecule has 0 N–H and O–H groups in total. The van der Waals surface area contributed by atoms with E-state index in [-0.39, 0.29) is 0 Å². The summed E-state index contributed by atoms with van der Waals surface area (Å²) in [5.74, 6) is 2.53. The summed E-state index contributed by atoms with van der Waals surface area (Å²) in [7, 11) is 0. The molecule has 43 valence electrons. The van der Waals surface area contributed by atoms with Crippen LogP contribution >= 0.6 is 0 Å². The van der Waals surface area contributed by atoms with E-state index in [1.165, 1.54) is 0 Å². The summed E-state index contributed by atoms with van der Waals surface area (Å²) in [4.78, 5) is 0. The Hall–Kier alpha value is -0.480. The van der Waals surface area contributed by atoms with Crippen molar-refractivity contribution < 1.29 is 4.74 Å². The van der Waals surface area contributed by atoms with Crippen molar-refractivity contribution in [2.75, 3.05) is 6.61 Å². The highest BCUT2D eigenvalue weighted by atomic mass is 16.5. The lowest BCUT2D eigenvalue weighted by Crippen LogP contribution is -2.26. The number of hydrogen-bond donors (Lipinski definition) is 0. The lowest BCUT2D eigenvalue weighted by atomic mass is 10.1. The molecule has 1 nitrogen and oxygen atoms in total. The van der Waals surface area contributed by atoms with Crippen molar-refractivity contribution in [3.63, 3.8) is 0 Å². The van der Waals surface area contributed by atoms with Gasteiger partial charge in [-0.2, -0.15) is 0 Å². The Bertz CT molecular complexity index is 97.4. The average molecular weight is 109 g/mol. The molecule has 1 unspecified atom stereocenters. The van der Waals surface area contributed by atoms with Gasteiger partial charge in [0.2, 0.25) is 0 Å². The van der Waals surface area contributed by atoms with Gasteiger partial charge in [-0.05, 0) is 6.42 Å². The molecule has 0 aromatic rings. The second-order valence-electron chi connectivity index (χ2n) is 1.84. The zero-order valence-corrected chi connectivity index (χ0v) is 4.76. The van der Waals surface area contributed by atoms with E-state index >= 15 is 0 Å². The molecule has 1 aliphatic rings. The van der Waals surface area contributed by atoms with Gasteiger partial charge in [0.25, 0.3) is 0 Å². The van der Waals surface area contributed by atoms with Crippen LogP contribution in [0.2, 0.25) is 0 Å². The minimum absolute atomic E-state index is 0.367. The average Bonchev–Trinajstić information content (AvgIpc) is 1.63. The van der Waals surface area contributed by atoms with Gasteiger partial charge in [-0.1, -0.05) is 0 Å². The Morgan fingerprint density at radius 1 is 1.88 bits per heavy atom. The van der Waals surface area contributed by atoms with Crippen LogP contribution in [0.15, 0.2) is 0 Å². The third-order valence-corrected chi connectivity index (χ3v) is 1.23. The van der Waals surface area contributed by atoms with E-state index in [9.17, 15) is 0 Å². The van der Waals surface area contributed by atoms with Gasteiger partial charge in [0.1, 0.15) is 0 Å². The third-order valence-electron chi connectivity index (χ3n) is 1.23. The summed E-state index contributed by atoms with van der Waals surface area (Å²) in [6.07, 6.45) is 9.31. The van der Waals surface area contributed by atoms with Crippen LogP contribution < -0.4 is 0 Å². The van der Waals surface area contributed by atoms with Crippen LogP contribution in [-0.2, 0) is 4.74 Å². The minimum atomic E-state index is 0.367. The lowest BCUT2D eigenvalue weighted by Gasteiger charge is -2.24. The fourth-order valence-corrected chi connectivity index (χ4v) is 0.639. The van der Waals surface area contributed by atoms with Crippen molar-refractivity contribution in [3.05, 3.63) is 6.42 Å². The molecule has 1 aliphatic heterocycles. The van der Waals surface area contributed by atoms with Gasteiger partial charge in [0.05, 0.1) is 6.10 Å². The molecule has 0 aromatic heterocycles. The zero-order valence-electron chi connectivity index (χ0n) is 4.76. The van der Waals surface area contributed by atoms with Gasteiger partial charge in [-0.15, -0.1) is 12.3 Å². The molecular weight excluding hydrogens is 100 g/mol. The van der Waals surface area contributed by atoms with E-state index in [0.717, 1.165) is 19.4 Å². The van der Waals surface area contributed by atoms with E-state index in [1.54, 1.807) is 0 Å². The normalized spacial score (nSPS) is 26.1. The van der Waals surface area contributed by atoms with Crippen LogP contribution in [0.5, 0.6) is 0 Å². The molecule has 0 bridgehead atoms. The zero-order chi connectivity index (χ0) is 5.82. The highest BCUT2D eigenvalue weighted by Gasteiger charge is 2.16. The third kappa shape index (κ3) is 1.24. The van der Waals surface area contributed by atoms with Crippen LogP contribution in [0.1, 0.15) is 12.8 Å². The molecule has 0 aromatic carbocycles. The second kappa shape index (κ2) is 2.74. The predicted molar refractivity (Wildman–Crippen MR) is 32.1 cm³/mol. The maximum Gasteiger partial charge on any atom is 0.0638 e. The van der Waals surface area contributed by atoms with Crippen molar-refractivity contribution in [1.29, 1.82) is 0 Å². The molecule has 1 heteroatoms. The molecule has 1 radical (unpaired) electrons. The van der Waals surface area contributed by atoms with E-state index < -0.39 is 0 Å². The first kappa shape index (κ1) is 5.65. The van der Waals surface area contributed by atoms with Gasteiger partial charge >= 0.3 is 0 Å². The largest absolute Gasteiger partial charge is 0.378 e. The van der Waals surface area contributed by atoms with Crippen molar-refractivity contribution in [1.82, 2.24) is 0 Å². The van der Waals surface area contributed by atoms with Gasteiger partial charge in [0, 0.05) is 19.4 Å². The molecule has 0 spiro atoms. The maximum atomic E-state index is 5.08. The maximum absolute atomic E-state index is 5.08.